The molecular weight excluding hydrogens is 287 g/mol. The highest BCUT2D eigenvalue weighted by Crippen LogP contribution is 2.30. The van der Waals surface area contributed by atoms with Crippen molar-refractivity contribution in [3.63, 3.8) is 0 Å². The molecule has 2 heterocycles. The first-order chi connectivity index (χ1) is 9.91. The van der Waals surface area contributed by atoms with Crippen molar-refractivity contribution in [2.24, 2.45) is 0 Å². The Hall–Kier alpha value is -1.86. The molecule has 1 aliphatic heterocycles. The van der Waals surface area contributed by atoms with Crippen molar-refractivity contribution in [1.82, 2.24) is 9.97 Å². The fourth-order valence-electron chi connectivity index (χ4n) is 2.40. The van der Waals surface area contributed by atoms with Crippen LogP contribution in [0.15, 0.2) is 12.3 Å². The van der Waals surface area contributed by atoms with Gasteiger partial charge in [0.05, 0.1) is 13.5 Å². The molecule has 0 N–H and O–H groups in total. The zero-order valence-corrected chi connectivity index (χ0v) is 11.6. The number of nitrogens with zero attached hydrogens (tertiary/aromatic N) is 3. The average Bonchev–Trinajstić information content (AvgIpc) is 2.47. The van der Waals surface area contributed by atoms with E-state index in [1.54, 1.807) is 4.90 Å². The number of methoxy groups -OCH3 is 1. The van der Waals surface area contributed by atoms with Gasteiger partial charge in [-0.25, -0.2) is 9.97 Å². The van der Waals surface area contributed by atoms with Gasteiger partial charge in [-0.05, 0) is 25.3 Å². The van der Waals surface area contributed by atoms with Crippen LogP contribution in [0.3, 0.4) is 0 Å². The van der Waals surface area contributed by atoms with Crippen LogP contribution < -0.4 is 4.90 Å². The molecule has 1 atom stereocenters. The molecule has 21 heavy (non-hydrogen) atoms. The van der Waals surface area contributed by atoms with Crippen LogP contribution in [-0.2, 0) is 15.7 Å². The zero-order chi connectivity index (χ0) is 15.5. The summed E-state index contributed by atoms with van der Waals surface area (Å²) in [7, 11) is 1.29. The molecule has 0 aliphatic carbocycles. The van der Waals surface area contributed by atoms with Crippen molar-refractivity contribution >= 4 is 11.9 Å². The summed E-state index contributed by atoms with van der Waals surface area (Å²) in [4.78, 5) is 20.6. The lowest BCUT2D eigenvalue weighted by atomic mass is 10.00. The highest BCUT2D eigenvalue weighted by molar-refractivity contribution is 5.70. The number of anilines is 1. The number of halogens is 3. The Morgan fingerprint density at radius 2 is 2.24 bits per heavy atom. The lowest BCUT2D eigenvalue weighted by Gasteiger charge is -2.35. The third-order valence-electron chi connectivity index (χ3n) is 3.45. The molecule has 0 radical (unpaired) electrons. The van der Waals surface area contributed by atoms with Crippen molar-refractivity contribution in [3.8, 4) is 0 Å². The lowest BCUT2D eigenvalue weighted by molar-refractivity contribution is -0.142. The van der Waals surface area contributed by atoms with E-state index in [1.165, 1.54) is 7.11 Å². The smallest absolute Gasteiger partial charge is 0.433 e. The van der Waals surface area contributed by atoms with E-state index < -0.39 is 11.9 Å². The van der Waals surface area contributed by atoms with Gasteiger partial charge in [0, 0.05) is 18.8 Å². The Balaban J connectivity index is 2.23. The van der Waals surface area contributed by atoms with Gasteiger partial charge in [-0.1, -0.05) is 0 Å². The van der Waals surface area contributed by atoms with Gasteiger partial charge in [-0.15, -0.1) is 0 Å². The van der Waals surface area contributed by atoms with Crippen molar-refractivity contribution in [1.29, 1.82) is 0 Å². The zero-order valence-electron chi connectivity index (χ0n) is 11.6. The number of carbonyl (C=O) groups is 1. The highest BCUT2D eigenvalue weighted by Gasteiger charge is 2.34. The van der Waals surface area contributed by atoms with Crippen molar-refractivity contribution in [3.05, 3.63) is 18.0 Å². The Bertz CT molecular complexity index is 508. The molecule has 5 nitrogen and oxygen atoms in total. The van der Waals surface area contributed by atoms with Gasteiger partial charge in [0.15, 0.2) is 0 Å². The maximum absolute atomic E-state index is 12.7. The second-order valence-electron chi connectivity index (χ2n) is 4.86. The number of ether oxygens (including phenoxy) is 1. The minimum absolute atomic E-state index is 0.0124. The van der Waals surface area contributed by atoms with Crippen LogP contribution in [0.2, 0.25) is 0 Å². The maximum atomic E-state index is 12.7. The summed E-state index contributed by atoms with van der Waals surface area (Å²) in [6.07, 6.45) is -0.848. The molecule has 1 aliphatic rings. The van der Waals surface area contributed by atoms with Crippen LogP contribution in [0.5, 0.6) is 0 Å². The van der Waals surface area contributed by atoms with Crippen molar-refractivity contribution < 1.29 is 22.7 Å². The molecule has 0 bridgehead atoms. The van der Waals surface area contributed by atoms with Gasteiger partial charge in [-0.2, -0.15) is 13.2 Å². The van der Waals surface area contributed by atoms with Crippen molar-refractivity contribution in [2.75, 3.05) is 18.6 Å². The van der Waals surface area contributed by atoms with E-state index in [0.29, 0.717) is 13.0 Å². The van der Waals surface area contributed by atoms with E-state index >= 15 is 0 Å². The summed E-state index contributed by atoms with van der Waals surface area (Å²) < 4.78 is 42.8. The molecule has 1 unspecified atom stereocenters. The molecule has 0 saturated carbocycles. The van der Waals surface area contributed by atoms with Crippen LogP contribution >= 0.6 is 0 Å². The predicted octanol–water partition coefficient (Wildman–Crippen LogP) is 2.42. The van der Waals surface area contributed by atoms with Crippen LogP contribution in [0, 0.1) is 0 Å². The van der Waals surface area contributed by atoms with E-state index in [4.69, 9.17) is 0 Å². The lowest BCUT2D eigenvalue weighted by Crippen LogP contribution is -2.42. The van der Waals surface area contributed by atoms with Crippen LogP contribution in [-0.4, -0.2) is 35.6 Å². The number of carbonyl (C=O) groups excluding carboxylic acids is 1. The molecule has 2 rings (SSSR count). The van der Waals surface area contributed by atoms with Gasteiger partial charge in [0.25, 0.3) is 0 Å². The molecule has 8 heteroatoms. The highest BCUT2D eigenvalue weighted by atomic mass is 19.4. The molecule has 1 fully saturated rings. The molecule has 1 saturated heterocycles. The summed E-state index contributed by atoms with van der Waals surface area (Å²) in [6, 6.07) is 0.609. The molecular formula is C13H16F3N3O2. The predicted molar refractivity (Wildman–Crippen MR) is 68.7 cm³/mol. The van der Waals surface area contributed by atoms with E-state index in [9.17, 15) is 18.0 Å². The van der Waals surface area contributed by atoms with Crippen LogP contribution in [0.25, 0.3) is 0 Å². The Morgan fingerprint density at radius 1 is 1.48 bits per heavy atom. The van der Waals surface area contributed by atoms with E-state index in [1.807, 2.05) is 0 Å². The summed E-state index contributed by atoms with van der Waals surface area (Å²) in [5.41, 5.74) is -0.977. The topological polar surface area (TPSA) is 55.3 Å². The fourth-order valence-corrected chi connectivity index (χ4v) is 2.40. The molecule has 116 valence electrons. The standard InChI is InChI=1S/C13H16F3N3O2/c1-21-11(20)8-9-4-2-3-7-19(9)12-17-6-5-10(18-12)13(14,15)16/h5-6,9H,2-4,7-8H2,1H3. The van der Waals surface area contributed by atoms with Gasteiger partial charge >= 0.3 is 12.1 Å². The molecule has 0 spiro atoms. The molecule has 0 aromatic carbocycles. The molecule has 1 aromatic heterocycles. The molecule has 1 aromatic rings. The normalized spacial score (nSPS) is 19.4. The number of rotatable bonds is 3. The van der Waals surface area contributed by atoms with Gasteiger partial charge < -0.3 is 9.64 Å². The number of piperidine rings is 1. The summed E-state index contributed by atoms with van der Waals surface area (Å²) >= 11 is 0. The largest absolute Gasteiger partial charge is 0.469 e. The first-order valence-electron chi connectivity index (χ1n) is 6.65. The molecule has 0 amide bonds. The summed E-state index contributed by atoms with van der Waals surface area (Å²) in [5.74, 6) is -0.377. The number of aromatic nitrogens is 2. The van der Waals surface area contributed by atoms with Crippen LogP contribution in [0.1, 0.15) is 31.4 Å². The quantitative estimate of drug-likeness (QED) is 0.803. The average molecular weight is 303 g/mol. The van der Waals surface area contributed by atoms with Crippen molar-refractivity contribution in [2.45, 2.75) is 37.9 Å². The van der Waals surface area contributed by atoms with Crippen LogP contribution in [0.4, 0.5) is 19.1 Å². The summed E-state index contributed by atoms with van der Waals surface area (Å²) in [6.45, 7) is 0.531. The van der Waals surface area contributed by atoms with Gasteiger partial charge in [0.2, 0.25) is 5.95 Å². The maximum Gasteiger partial charge on any atom is 0.433 e. The second kappa shape index (κ2) is 6.28. The number of hydrogen-bond donors (Lipinski definition) is 0. The van der Waals surface area contributed by atoms with E-state index in [0.717, 1.165) is 25.1 Å². The first kappa shape index (κ1) is 15.5. The second-order valence-corrected chi connectivity index (χ2v) is 4.86. The Kier molecular flexibility index (Phi) is 4.64. The van der Waals surface area contributed by atoms with Gasteiger partial charge in [-0.3, -0.25) is 4.79 Å². The number of esters is 1. The number of hydrogen-bond acceptors (Lipinski definition) is 5. The van der Waals surface area contributed by atoms with E-state index in [-0.39, 0.29) is 24.4 Å². The third-order valence-corrected chi connectivity index (χ3v) is 3.45. The van der Waals surface area contributed by atoms with Gasteiger partial charge in [0.1, 0.15) is 5.69 Å². The number of alkyl halides is 3. The first-order valence-corrected chi connectivity index (χ1v) is 6.65. The van der Waals surface area contributed by atoms with E-state index in [2.05, 4.69) is 14.7 Å². The Morgan fingerprint density at radius 3 is 2.90 bits per heavy atom. The minimum atomic E-state index is -4.51. The third kappa shape index (κ3) is 3.83. The Labute approximate surface area is 120 Å². The monoisotopic (exact) mass is 303 g/mol. The fraction of sp³-hybridized carbons (Fsp3) is 0.615. The SMILES string of the molecule is COC(=O)CC1CCCCN1c1nccc(C(F)(F)F)n1. The summed E-state index contributed by atoms with van der Waals surface area (Å²) in [5, 5.41) is 0. The minimum Gasteiger partial charge on any atom is -0.469 e.